The van der Waals surface area contributed by atoms with Gasteiger partial charge in [0.25, 0.3) is 10.1 Å². The van der Waals surface area contributed by atoms with Gasteiger partial charge in [-0.25, -0.2) is 0 Å². The Morgan fingerprint density at radius 1 is 1.07 bits per heavy atom. The molecule has 0 aliphatic carbocycles. The Morgan fingerprint density at radius 2 is 1.59 bits per heavy atom. The lowest BCUT2D eigenvalue weighted by molar-refractivity contribution is -0.152. The molecule has 166 valence electrons. The molecule has 1 aliphatic heterocycles. The van der Waals surface area contributed by atoms with Gasteiger partial charge >= 0.3 is 0 Å². The average Bonchev–Trinajstić information content (AvgIpc) is 2.98. The van der Waals surface area contributed by atoms with Crippen molar-refractivity contribution in [2.75, 3.05) is 13.2 Å². The Morgan fingerprint density at radius 3 is 1.97 bits per heavy atom. The van der Waals surface area contributed by atoms with Crippen LogP contribution in [0, 0.1) is 0 Å². The minimum atomic E-state index is -4.06. The average molecular weight is 429 g/mol. The monoisotopic (exact) mass is 428 g/mol. The molecular weight excluding hydrogens is 392 g/mol. The third kappa shape index (κ3) is 5.79. The number of hydrogen-bond acceptors (Lipinski definition) is 6. The first-order chi connectivity index (χ1) is 13.2. The maximum Gasteiger partial charge on any atom is 0.297 e. The van der Waals surface area contributed by atoms with Crippen molar-refractivity contribution in [1.29, 1.82) is 0 Å². The number of aliphatic hydroxyl groups excluding tert-OH is 1. The molecule has 1 aromatic carbocycles. The van der Waals surface area contributed by atoms with E-state index in [1.165, 1.54) is 0 Å². The van der Waals surface area contributed by atoms with Crippen LogP contribution in [-0.4, -0.2) is 44.7 Å². The van der Waals surface area contributed by atoms with Crippen molar-refractivity contribution in [3.05, 3.63) is 28.8 Å². The van der Waals surface area contributed by atoms with E-state index in [2.05, 4.69) is 13.8 Å². The van der Waals surface area contributed by atoms with Gasteiger partial charge in [0.15, 0.2) is 5.79 Å². The van der Waals surface area contributed by atoms with Crippen LogP contribution in [-0.2, 0) is 23.8 Å². The summed E-state index contributed by atoms with van der Waals surface area (Å²) in [5, 5.41) is 10.4. The van der Waals surface area contributed by atoms with Crippen LogP contribution in [0.25, 0.3) is 0 Å². The molecule has 1 heterocycles. The third-order valence-corrected chi connectivity index (χ3v) is 6.60. The molecule has 0 saturated carbocycles. The molecule has 1 N–H and O–H groups in total. The zero-order chi connectivity index (χ0) is 22.1. The van der Waals surface area contributed by atoms with E-state index in [9.17, 15) is 13.5 Å². The number of ether oxygens (including phenoxy) is 2. The fourth-order valence-electron chi connectivity index (χ4n) is 3.41. The highest BCUT2D eigenvalue weighted by atomic mass is 32.2. The predicted octanol–water partition coefficient (Wildman–Crippen LogP) is 4.27. The van der Waals surface area contributed by atoms with Gasteiger partial charge in [0.2, 0.25) is 0 Å². The summed E-state index contributed by atoms with van der Waals surface area (Å²) in [6.45, 7) is 15.4. The van der Waals surface area contributed by atoms with Crippen LogP contribution in [0.2, 0.25) is 0 Å². The van der Waals surface area contributed by atoms with Gasteiger partial charge in [-0.2, -0.15) is 8.42 Å². The first-order valence-electron chi connectivity index (χ1n) is 10.3. The summed E-state index contributed by atoms with van der Waals surface area (Å²) in [6.07, 6.45) is -1.73. The second-order valence-electron chi connectivity index (χ2n) is 9.17. The van der Waals surface area contributed by atoms with Gasteiger partial charge in [0.1, 0.15) is 17.1 Å². The van der Waals surface area contributed by atoms with Crippen LogP contribution in [0.3, 0.4) is 0 Å². The van der Waals surface area contributed by atoms with Gasteiger partial charge in [0.05, 0.1) is 13.2 Å². The second-order valence-corrected chi connectivity index (χ2v) is 10.7. The molecule has 1 aromatic rings. The first-order valence-corrected chi connectivity index (χ1v) is 11.7. The van der Waals surface area contributed by atoms with Crippen LogP contribution in [0.5, 0.6) is 0 Å². The van der Waals surface area contributed by atoms with Crippen molar-refractivity contribution in [3.63, 3.8) is 0 Å². The molecule has 2 rings (SSSR count). The van der Waals surface area contributed by atoms with E-state index in [0.717, 1.165) is 16.7 Å². The Kier molecular flexibility index (Phi) is 7.55. The molecule has 0 aromatic heterocycles. The van der Waals surface area contributed by atoms with Crippen LogP contribution >= 0.6 is 0 Å². The lowest BCUT2D eigenvalue weighted by Crippen LogP contribution is -2.35. The van der Waals surface area contributed by atoms with E-state index in [1.807, 2.05) is 39.8 Å². The highest BCUT2D eigenvalue weighted by molar-refractivity contribution is 7.86. The summed E-state index contributed by atoms with van der Waals surface area (Å²) >= 11 is 0. The minimum Gasteiger partial charge on any atom is -0.388 e. The van der Waals surface area contributed by atoms with Crippen molar-refractivity contribution in [2.45, 2.75) is 96.0 Å². The van der Waals surface area contributed by atoms with Gasteiger partial charge in [0, 0.05) is 0 Å². The van der Waals surface area contributed by atoms with Crippen LogP contribution < -0.4 is 0 Å². The molecule has 7 heteroatoms. The molecule has 1 fully saturated rings. The first kappa shape index (κ1) is 24.3. The highest BCUT2D eigenvalue weighted by Crippen LogP contribution is 2.36. The van der Waals surface area contributed by atoms with Gasteiger partial charge in [-0.05, 0) is 48.3 Å². The summed E-state index contributed by atoms with van der Waals surface area (Å²) in [4.78, 5) is 0.225. The van der Waals surface area contributed by atoms with Gasteiger partial charge in [-0.1, -0.05) is 53.7 Å². The third-order valence-electron chi connectivity index (χ3n) is 5.18. The minimum absolute atomic E-state index is 0.0110. The molecule has 6 nitrogen and oxygen atoms in total. The van der Waals surface area contributed by atoms with E-state index >= 15 is 0 Å². The smallest absolute Gasteiger partial charge is 0.297 e. The van der Waals surface area contributed by atoms with Crippen molar-refractivity contribution >= 4 is 10.1 Å². The maximum absolute atomic E-state index is 13.2. The molecule has 1 saturated heterocycles. The Hall–Kier alpha value is -0.990. The van der Waals surface area contributed by atoms with Crippen LogP contribution in [0.4, 0.5) is 0 Å². The van der Waals surface area contributed by atoms with Crippen molar-refractivity contribution < 1.29 is 27.2 Å². The molecule has 2 atom stereocenters. The van der Waals surface area contributed by atoms with Crippen molar-refractivity contribution in [2.24, 2.45) is 0 Å². The Bertz CT molecular complexity index is 782. The lowest BCUT2D eigenvalue weighted by Gasteiger charge is -2.23. The Balaban J connectivity index is 2.35. The number of benzene rings is 1. The molecule has 1 aliphatic rings. The second kappa shape index (κ2) is 9.02. The van der Waals surface area contributed by atoms with Gasteiger partial charge in [-0.15, -0.1) is 0 Å². The molecule has 29 heavy (non-hydrogen) atoms. The van der Waals surface area contributed by atoms with Gasteiger partial charge < -0.3 is 14.6 Å². The summed E-state index contributed by atoms with van der Waals surface area (Å²) in [5.74, 6) is -0.492. The fourth-order valence-corrected chi connectivity index (χ4v) is 5.01. The zero-order valence-electron chi connectivity index (χ0n) is 18.9. The Labute approximate surface area is 175 Å². The normalized spacial score (nSPS) is 20.8. The van der Waals surface area contributed by atoms with E-state index in [0.29, 0.717) is 0 Å². The van der Waals surface area contributed by atoms with E-state index < -0.39 is 28.1 Å². The van der Waals surface area contributed by atoms with Crippen molar-refractivity contribution in [3.8, 4) is 0 Å². The summed E-state index contributed by atoms with van der Waals surface area (Å²) in [5.41, 5.74) is 2.60. The van der Waals surface area contributed by atoms with E-state index in [-0.39, 0.29) is 35.9 Å². The fraction of sp³-hybridized carbons (Fsp3) is 0.727. The van der Waals surface area contributed by atoms with Crippen LogP contribution in [0.1, 0.15) is 89.8 Å². The lowest BCUT2D eigenvalue weighted by atomic mass is 9.89. The molecule has 0 bridgehead atoms. The summed E-state index contributed by atoms with van der Waals surface area (Å²) in [6, 6.07) is 3.93. The SMILES string of the molecule is CC(C)c1cc(C(C)C)c(S(=O)(=O)OC[C@H](O)[C@@H]2COC(C)(C)O2)c(C(C)C)c1. The molecule has 0 amide bonds. The van der Waals surface area contributed by atoms with Crippen molar-refractivity contribution in [1.82, 2.24) is 0 Å². The highest BCUT2D eigenvalue weighted by Gasteiger charge is 2.38. The van der Waals surface area contributed by atoms with E-state index in [4.69, 9.17) is 13.7 Å². The topological polar surface area (TPSA) is 82.1 Å². The summed E-state index contributed by atoms with van der Waals surface area (Å²) in [7, 11) is -4.06. The van der Waals surface area contributed by atoms with Crippen LogP contribution in [0.15, 0.2) is 17.0 Å². The largest absolute Gasteiger partial charge is 0.388 e. The zero-order valence-corrected chi connectivity index (χ0v) is 19.7. The maximum atomic E-state index is 13.2. The molecular formula is C22H36O6S. The molecule has 0 spiro atoms. The van der Waals surface area contributed by atoms with Gasteiger partial charge in [-0.3, -0.25) is 4.18 Å². The standard InChI is InChI=1S/C22H36O6S/c1-13(2)16-9-17(14(3)4)21(18(10-16)15(5)6)29(24,25)27-11-19(23)20-12-26-22(7,8)28-20/h9-10,13-15,19-20,23H,11-12H2,1-8H3/t19-,20-/m0/s1. The summed E-state index contributed by atoms with van der Waals surface area (Å²) < 4.78 is 42.8. The molecule has 0 unspecified atom stereocenters. The number of hydrogen-bond donors (Lipinski definition) is 1. The van der Waals surface area contributed by atoms with E-state index in [1.54, 1.807) is 13.8 Å². The quantitative estimate of drug-likeness (QED) is 0.623. The predicted molar refractivity (Wildman–Crippen MR) is 113 cm³/mol. The number of aliphatic hydroxyl groups is 1. The molecule has 0 radical (unpaired) electrons. The number of rotatable bonds is 8.